The van der Waals surface area contributed by atoms with Crippen LogP contribution < -0.4 is 4.74 Å². The van der Waals surface area contributed by atoms with Crippen LogP contribution in [0, 0.1) is 5.82 Å². The maximum absolute atomic E-state index is 14.7. The molecule has 0 radical (unpaired) electrons. The average molecular weight is 559 g/mol. The Balaban J connectivity index is 1.67. The summed E-state index contributed by atoms with van der Waals surface area (Å²) in [6.45, 7) is 0.363. The van der Waals surface area contributed by atoms with Crippen LogP contribution in [0.2, 0.25) is 0 Å². The van der Waals surface area contributed by atoms with E-state index in [1.807, 2.05) is 18.2 Å². The molecule has 202 valence electrons. The van der Waals surface area contributed by atoms with Gasteiger partial charge in [-0.15, -0.1) is 0 Å². The van der Waals surface area contributed by atoms with Crippen molar-refractivity contribution in [2.75, 3.05) is 14.2 Å². The number of carbonyl (C=O) groups is 2. The molecule has 1 aliphatic rings. The number of hydrogen-bond acceptors (Lipinski definition) is 6. The number of ether oxygens (including phenoxy) is 2. The van der Waals surface area contributed by atoms with Gasteiger partial charge in [-0.2, -0.15) is 0 Å². The van der Waals surface area contributed by atoms with Crippen LogP contribution >= 0.6 is 0 Å². The third kappa shape index (κ3) is 3.83. The van der Waals surface area contributed by atoms with Crippen molar-refractivity contribution in [3.63, 3.8) is 0 Å². The van der Waals surface area contributed by atoms with E-state index in [0.717, 1.165) is 15.6 Å². The fraction of sp³-hybridized carbons (Fsp3) is 0.133. The van der Waals surface area contributed by atoms with E-state index in [1.54, 1.807) is 36.3 Å². The number of amides is 1. The second kappa shape index (κ2) is 9.49. The van der Waals surface area contributed by atoms with Gasteiger partial charge in [0.15, 0.2) is 0 Å². The first-order valence-corrected chi connectivity index (χ1v) is 13.8. The van der Waals surface area contributed by atoms with Crippen molar-refractivity contribution in [2.24, 2.45) is 0 Å². The number of esters is 1. The van der Waals surface area contributed by atoms with Crippen LogP contribution in [0.4, 0.5) is 4.39 Å². The number of aromatic nitrogens is 1. The minimum atomic E-state index is -4.29. The summed E-state index contributed by atoms with van der Waals surface area (Å²) < 4.78 is 54.2. The first-order chi connectivity index (χ1) is 19.3. The lowest BCUT2D eigenvalue weighted by molar-refractivity contribution is 0.0602. The number of hydrogen-bond donors (Lipinski definition) is 0. The largest absolute Gasteiger partial charge is 0.496 e. The van der Waals surface area contributed by atoms with Gasteiger partial charge in [-0.3, -0.25) is 4.79 Å². The Kier molecular flexibility index (Phi) is 6.07. The third-order valence-corrected chi connectivity index (χ3v) is 8.86. The molecule has 0 fully saturated rings. The van der Waals surface area contributed by atoms with E-state index in [-0.39, 0.29) is 56.8 Å². The summed E-state index contributed by atoms with van der Waals surface area (Å²) in [5, 5.41) is 0.378. The molecule has 0 saturated carbocycles. The molecule has 10 heteroatoms. The molecule has 0 N–H and O–H groups in total. The summed E-state index contributed by atoms with van der Waals surface area (Å²) in [4.78, 5) is 28.6. The van der Waals surface area contributed by atoms with Gasteiger partial charge in [-0.25, -0.2) is 21.6 Å². The van der Waals surface area contributed by atoms with Crippen LogP contribution in [0.25, 0.3) is 21.8 Å². The number of halogens is 1. The second-order valence-corrected chi connectivity index (χ2v) is 11.2. The van der Waals surface area contributed by atoms with Crippen molar-refractivity contribution in [3.05, 3.63) is 107 Å². The molecule has 1 aromatic heterocycles. The molecule has 0 unspecified atom stereocenters. The number of rotatable bonds is 6. The predicted molar refractivity (Wildman–Crippen MR) is 146 cm³/mol. The van der Waals surface area contributed by atoms with Crippen molar-refractivity contribution in [1.82, 2.24) is 8.87 Å². The number of para-hydroxylation sites is 1. The Morgan fingerprint density at radius 1 is 0.975 bits per heavy atom. The minimum Gasteiger partial charge on any atom is -0.496 e. The van der Waals surface area contributed by atoms with Gasteiger partial charge in [-0.1, -0.05) is 36.4 Å². The summed E-state index contributed by atoms with van der Waals surface area (Å²) in [5.41, 5.74) is 1.55. The highest BCUT2D eigenvalue weighted by atomic mass is 32.2. The van der Waals surface area contributed by atoms with Gasteiger partial charge in [0.05, 0.1) is 41.3 Å². The van der Waals surface area contributed by atoms with Crippen molar-refractivity contribution in [1.29, 1.82) is 0 Å². The summed E-state index contributed by atoms with van der Waals surface area (Å²) in [6.07, 6.45) is 0. The van der Waals surface area contributed by atoms with E-state index < -0.39 is 21.8 Å². The second-order valence-electron chi connectivity index (χ2n) is 9.39. The summed E-state index contributed by atoms with van der Waals surface area (Å²) in [6, 6.07) is 20.2. The van der Waals surface area contributed by atoms with Crippen LogP contribution in [0.5, 0.6) is 5.75 Å². The fourth-order valence-corrected chi connectivity index (χ4v) is 6.95. The number of benzene rings is 4. The number of carbonyl (C=O) groups excluding carboxylic acids is 2. The molecule has 40 heavy (non-hydrogen) atoms. The van der Waals surface area contributed by atoms with Crippen LogP contribution in [0.1, 0.15) is 31.8 Å². The fourth-order valence-electron chi connectivity index (χ4n) is 5.39. The Morgan fingerprint density at radius 3 is 2.42 bits per heavy atom. The third-order valence-electron chi connectivity index (χ3n) is 7.13. The van der Waals surface area contributed by atoms with Crippen molar-refractivity contribution < 1.29 is 31.9 Å². The van der Waals surface area contributed by atoms with Gasteiger partial charge in [-0.05, 0) is 48.0 Å². The van der Waals surface area contributed by atoms with E-state index in [4.69, 9.17) is 9.47 Å². The lowest BCUT2D eigenvalue weighted by atomic mass is 9.98. The Hall–Kier alpha value is -4.70. The monoisotopic (exact) mass is 558 g/mol. The van der Waals surface area contributed by atoms with Gasteiger partial charge >= 0.3 is 5.97 Å². The molecule has 0 spiro atoms. The van der Waals surface area contributed by atoms with E-state index in [9.17, 15) is 22.4 Å². The maximum Gasteiger partial charge on any atom is 0.340 e. The molecule has 0 atom stereocenters. The van der Waals surface area contributed by atoms with Crippen LogP contribution in [0.15, 0.2) is 83.8 Å². The lowest BCUT2D eigenvalue weighted by Crippen LogP contribution is -2.23. The lowest BCUT2D eigenvalue weighted by Gasteiger charge is -2.17. The molecule has 5 aromatic rings. The molecular formula is C30H23FN2O6S. The highest BCUT2D eigenvalue weighted by Gasteiger charge is 2.37. The zero-order valence-corrected chi connectivity index (χ0v) is 22.4. The van der Waals surface area contributed by atoms with E-state index in [2.05, 4.69) is 0 Å². The van der Waals surface area contributed by atoms with E-state index >= 15 is 0 Å². The standard InChI is InChI=1S/C30H23FN2O6S/c1-38-25-11-7-6-8-18(25)16-32-17-19-14-23(30(35)39-2)28-27(26(19)29(32)34)22-15-20(31)12-13-24(22)33(28)40(36,37)21-9-4-3-5-10-21/h3-15H,16-17H2,1-2H3. The summed E-state index contributed by atoms with van der Waals surface area (Å²) in [7, 11) is -1.55. The van der Waals surface area contributed by atoms with Crippen molar-refractivity contribution >= 4 is 43.7 Å². The van der Waals surface area contributed by atoms with Gasteiger partial charge in [0.25, 0.3) is 15.9 Å². The molecule has 1 aliphatic heterocycles. The average Bonchev–Trinajstić information content (AvgIpc) is 3.47. The Bertz CT molecular complexity index is 1950. The molecule has 6 rings (SSSR count). The Morgan fingerprint density at radius 2 is 1.70 bits per heavy atom. The molecule has 4 aromatic carbocycles. The highest BCUT2D eigenvalue weighted by molar-refractivity contribution is 7.90. The molecule has 0 saturated heterocycles. The zero-order valence-electron chi connectivity index (χ0n) is 21.5. The SMILES string of the molecule is COC(=O)c1cc2c(c3c4cc(F)ccc4n(S(=O)(=O)c4ccccc4)c13)C(=O)N(Cc1ccccc1OC)C2. The van der Waals surface area contributed by atoms with Gasteiger partial charge in [0.1, 0.15) is 11.6 Å². The molecule has 0 aliphatic carbocycles. The van der Waals surface area contributed by atoms with Gasteiger partial charge in [0.2, 0.25) is 0 Å². The van der Waals surface area contributed by atoms with E-state index in [1.165, 1.54) is 37.4 Å². The number of methoxy groups -OCH3 is 2. The highest BCUT2D eigenvalue weighted by Crippen LogP contribution is 2.42. The first kappa shape index (κ1) is 25.6. The van der Waals surface area contributed by atoms with Gasteiger partial charge < -0.3 is 14.4 Å². The normalized spacial score (nSPS) is 13.2. The summed E-state index contributed by atoms with van der Waals surface area (Å²) in [5.74, 6) is -1.16. The van der Waals surface area contributed by atoms with Crippen molar-refractivity contribution in [2.45, 2.75) is 18.0 Å². The van der Waals surface area contributed by atoms with E-state index in [0.29, 0.717) is 11.3 Å². The van der Waals surface area contributed by atoms with Crippen molar-refractivity contribution in [3.8, 4) is 5.75 Å². The smallest absolute Gasteiger partial charge is 0.340 e. The zero-order chi connectivity index (χ0) is 28.2. The molecule has 0 bridgehead atoms. The number of fused-ring (bicyclic) bond motifs is 5. The number of nitrogens with zero attached hydrogens (tertiary/aromatic N) is 2. The van der Waals surface area contributed by atoms with Crippen LogP contribution in [-0.2, 0) is 27.8 Å². The first-order valence-electron chi connectivity index (χ1n) is 12.4. The Labute approximate surface area is 229 Å². The predicted octanol–water partition coefficient (Wildman–Crippen LogP) is 5.12. The summed E-state index contributed by atoms with van der Waals surface area (Å²) >= 11 is 0. The van der Waals surface area contributed by atoms with Gasteiger partial charge in [0, 0.05) is 29.4 Å². The minimum absolute atomic E-state index is 0.0291. The van der Waals surface area contributed by atoms with Crippen LogP contribution in [-0.4, -0.2) is 43.4 Å². The molecule has 1 amide bonds. The maximum atomic E-state index is 14.7. The quantitative estimate of drug-likeness (QED) is 0.269. The molecule has 8 nitrogen and oxygen atoms in total. The van der Waals surface area contributed by atoms with Crippen LogP contribution in [0.3, 0.4) is 0 Å². The molecule has 2 heterocycles. The topological polar surface area (TPSA) is 94.9 Å². The molecular weight excluding hydrogens is 535 g/mol.